The second kappa shape index (κ2) is 10.4. The van der Waals surface area contributed by atoms with Crippen LogP contribution in [0.5, 0.6) is 5.75 Å². The number of carbonyl (C=O) groups is 1. The molecule has 0 aliphatic heterocycles. The summed E-state index contributed by atoms with van der Waals surface area (Å²) in [5.41, 5.74) is 1.00. The molecule has 1 fully saturated rings. The predicted octanol–water partition coefficient (Wildman–Crippen LogP) is 5.10. The fourth-order valence-corrected chi connectivity index (χ4v) is 5.20. The molecule has 1 saturated carbocycles. The van der Waals surface area contributed by atoms with Crippen molar-refractivity contribution in [1.29, 1.82) is 0 Å². The molecule has 8 heteroatoms. The van der Waals surface area contributed by atoms with Crippen LogP contribution in [0.15, 0.2) is 51.8 Å². The van der Waals surface area contributed by atoms with Gasteiger partial charge in [0, 0.05) is 17.3 Å². The summed E-state index contributed by atoms with van der Waals surface area (Å²) >= 11 is 3.42. The first kappa shape index (κ1) is 22.8. The van der Waals surface area contributed by atoms with E-state index in [9.17, 15) is 13.2 Å². The van der Waals surface area contributed by atoms with Crippen LogP contribution in [0.25, 0.3) is 0 Å². The molecule has 0 spiro atoms. The monoisotopic (exact) mass is 494 g/mol. The summed E-state index contributed by atoms with van der Waals surface area (Å²) in [7, 11) is -3.56. The van der Waals surface area contributed by atoms with Crippen molar-refractivity contribution >= 4 is 37.5 Å². The number of anilines is 1. The molecule has 0 saturated heterocycles. The Morgan fingerprint density at radius 2 is 1.80 bits per heavy atom. The molecule has 1 aliphatic carbocycles. The van der Waals surface area contributed by atoms with Crippen LogP contribution in [0.4, 0.5) is 5.69 Å². The highest BCUT2D eigenvalue weighted by Gasteiger charge is 2.21. The van der Waals surface area contributed by atoms with Gasteiger partial charge in [0.25, 0.3) is 5.91 Å². The number of nitrogens with one attached hydrogen (secondary N) is 2. The van der Waals surface area contributed by atoms with Gasteiger partial charge in [-0.25, -0.2) is 13.1 Å². The van der Waals surface area contributed by atoms with E-state index in [1.165, 1.54) is 12.1 Å². The molecular weight excluding hydrogens is 468 g/mol. The maximum absolute atomic E-state index is 12.6. The average Bonchev–Trinajstić information content (AvgIpc) is 2.73. The normalized spacial score (nSPS) is 15.0. The number of sulfonamides is 1. The van der Waals surface area contributed by atoms with Gasteiger partial charge in [0.05, 0.1) is 16.0 Å². The molecule has 2 N–H and O–H groups in total. The number of hydrogen-bond donors (Lipinski definition) is 2. The number of carbonyl (C=O) groups excluding carboxylic acids is 1. The SMILES string of the molecule is CCCOc1ccc(C(=O)Nc2ccc(S(=O)(=O)NC3CCCCC3)cc2)cc1Br. The molecule has 30 heavy (non-hydrogen) atoms. The molecule has 162 valence electrons. The van der Waals surface area contributed by atoms with E-state index in [0.717, 1.165) is 38.5 Å². The zero-order valence-electron chi connectivity index (χ0n) is 17.0. The van der Waals surface area contributed by atoms with Crippen molar-refractivity contribution in [1.82, 2.24) is 4.72 Å². The first-order valence-electron chi connectivity index (χ1n) is 10.2. The van der Waals surface area contributed by atoms with Crippen molar-refractivity contribution in [2.45, 2.75) is 56.4 Å². The van der Waals surface area contributed by atoms with Gasteiger partial charge in [-0.2, -0.15) is 0 Å². The second-order valence-corrected chi connectivity index (χ2v) is 10.00. The Kier molecular flexibility index (Phi) is 7.91. The molecule has 0 atom stereocenters. The first-order valence-corrected chi connectivity index (χ1v) is 12.5. The van der Waals surface area contributed by atoms with Gasteiger partial charge >= 0.3 is 0 Å². The lowest BCUT2D eigenvalue weighted by Gasteiger charge is -2.22. The standard InChI is InChI=1S/C22H27BrN2O4S/c1-2-14-29-21-13-8-16(15-20(21)23)22(26)24-17-9-11-19(12-10-17)30(27,28)25-18-6-4-3-5-7-18/h8-13,15,18,25H,2-7,14H2,1H3,(H,24,26). The van der Waals surface area contributed by atoms with Gasteiger partial charge in [-0.1, -0.05) is 26.2 Å². The molecule has 2 aromatic carbocycles. The lowest BCUT2D eigenvalue weighted by molar-refractivity contribution is 0.102. The molecule has 1 aliphatic rings. The Hall–Kier alpha value is -1.90. The maximum Gasteiger partial charge on any atom is 0.255 e. The largest absolute Gasteiger partial charge is 0.492 e. The van der Waals surface area contributed by atoms with Crippen LogP contribution < -0.4 is 14.8 Å². The van der Waals surface area contributed by atoms with E-state index < -0.39 is 10.0 Å². The van der Waals surface area contributed by atoms with Crippen molar-refractivity contribution in [3.63, 3.8) is 0 Å². The Morgan fingerprint density at radius 1 is 1.10 bits per heavy atom. The highest BCUT2D eigenvalue weighted by atomic mass is 79.9. The van der Waals surface area contributed by atoms with E-state index in [4.69, 9.17) is 4.74 Å². The second-order valence-electron chi connectivity index (χ2n) is 7.43. The summed E-state index contributed by atoms with van der Waals surface area (Å²) in [5, 5.41) is 2.79. The van der Waals surface area contributed by atoms with Crippen LogP contribution in [-0.4, -0.2) is 27.0 Å². The maximum atomic E-state index is 12.6. The van der Waals surface area contributed by atoms with Gasteiger partial charge in [0.1, 0.15) is 5.75 Å². The van der Waals surface area contributed by atoms with Crippen LogP contribution >= 0.6 is 15.9 Å². The van der Waals surface area contributed by atoms with Gasteiger partial charge in [0.15, 0.2) is 0 Å². The molecular formula is C22H27BrN2O4S. The third-order valence-corrected chi connectivity index (χ3v) is 7.16. The summed E-state index contributed by atoms with van der Waals surface area (Å²) in [4.78, 5) is 12.7. The van der Waals surface area contributed by atoms with Crippen molar-refractivity contribution in [2.75, 3.05) is 11.9 Å². The number of ether oxygens (including phenoxy) is 1. The van der Waals surface area contributed by atoms with Crippen LogP contribution in [0, 0.1) is 0 Å². The number of halogens is 1. The van der Waals surface area contributed by atoms with Gasteiger partial charge < -0.3 is 10.1 Å². The van der Waals surface area contributed by atoms with E-state index in [2.05, 4.69) is 26.0 Å². The fourth-order valence-electron chi connectivity index (χ4n) is 3.40. The zero-order chi connectivity index (χ0) is 21.6. The third-order valence-electron chi connectivity index (χ3n) is 5.01. The molecule has 0 aromatic heterocycles. The van der Waals surface area contributed by atoms with E-state index in [-0.39, 0.29) is 16.8 Å². The van der Waals surface area contributed by atoms with Gasteiger partial charge in [-0.15, -0.1) is 0 Å². The van der Waals surface area contributed by atoms with Crippen molar-refractivity contribution in [2.24, 2.45) is 0 Å². The van der Waals surface area contributed by atoms with E-state index in [1.807, 2.05) is 6.92 Å². The third kappa shape index (κ3) is 6.06. The fraction of sp³-hybridized carbons (Fsp3) is 0.409. The van der Waals surface area contributed by atoms with E-state index in [0.29, 0.717) is 28.1 Å². The Bertz CT molecular complexity index is 971. The average molecular weight is 495 g/mol. The summed E-state index contributed by atoms with van der Waals surface area (Å²) in [6, 6.07) is 11.4. The molecule has 0 unspecified atom stereocenters. The quantitative estimate of drug-likeness (QED) is 0.534. The Balaban J connectivity index is 1.63. The van der Waals surface area contributed by atoms with Crippen LogP contribution in [-0.2, 0) is 10.0 Å². The minimum atomic E-state index is -3.56. The van der Waals surface area contributed by atoms with Gasteiger partial charge in [-0.05, 0) is 77.7 Å². The van der Waals surface area contributed by atoms with Crippen molar-refractivity contribution in [3.05, 3.63) is 52.5 Å². The summed E-state index contributed by atoms with van der Waals surface area (Å²) < 4.78 is 34.3. The Morgan fingerprint density at radius 3 is 2.43 bits per heavy atom. The Labute approximate surface area is 186 Å². The van der Waals surface area contributed by atoms with Crippen molar-refractivity contribution in [3.8, 4) is 5.75 Å². The number of benzene rings is 2. The molecule has 1 amide bonds. The molecule has 6 nitrogen and oxygen atoms in total. The first-order chi connectivity index (χ1) is 14.4. The number of amides is 1. The van der Waals surface area contributed by atoms with Gasteiger partial charge in [0.2, 0.25) is 10.0 Å². The topological polar surface area (TPSA) is 84.5 Å². The summed E-state index contributed by atoms with van der Waals surface area (Å²) in [6.07, 6.45) is 5.94. The van der Waals surface area contributed by atoms with Crippen LogP contribution in [0.3, 0.4) is 0 Å². The number of rotatable bonds is 8. The predicted molar refractivity (Wildman–Crippen MR) is 122 cm³/mol. The van der Waals surface area contributed by atoms with Crippen LogP contribution in [0.2, 0.25) is 0 Å². The number of hydrogen-bond acceptors (Lipinski definition) is 4. The van der Waals surface area contributed by atoms with E-state index in [1.54, 1.807) is 30.3 Å². The zero-order valence-corrected chi connectivity index (χ0v) is 19.4. The van der Waals surface area contributed by atoms with E-state index >= 15 is 0 Å². The molecule has 2 aromatic rings. The molecule has 0 heterocycles. The molecule has 0 radical (unpaired) electrons. The van der Waals surface area contributed by atoms with Crippen LogP contribution in [0.1, 0.15) is 55.8 Å². The minimum Gasteiger partial charge on any atom is -0.492 e. The smallest absolute Gasteiger partial charge is 0.255 e. The summed E-state index contributed by atoms with van der Waals surface area (Å²) in [5.74, 6) is 0.405. The van der Waals surface area contributed by atoms with Crippen molar-refractivity contribution < 1.29 is 17.9 Å². The summed E-state index contributed by atoms with van der Waals surface area (Å²) in [6.45, 7) is 2.63. The minimum absolute atomic E-state index is 0.00542. The highest BCUT2D eigenvalue weighted by molar-refractivity contribution is 9.10. The lowest BCUT2D eigenvalue weighted by atomic mass is 9.96. The molecule has 3 rings (SSSR count). The highest BCUT2D eigenvalue weighted by Crippen LogP contribution is 2.27. The molecule has 0 bridgehead atoms. The lowest BCUT2D eigenvalue weighted by Crippen LogP contribution is -2.36. The van der Waals surface area contributed by atoms with Gasteiger partial charge in [-0.3, -0.25) is 4.79 Å².